The highest BCUT2D eigenvalue weighted by atomic mass is 16.5. The van der Waals surface area contributed by atoms with Crippen molar-refractivity contribution < 1.29 is 9.47 Å². The Bertz CT molecular complexity index is 338. The first-order chi connectivity index (χ1) is 7.33. The maximum absolute atomic E-state index is 5.76. The minimum absolute atomic E-state index is 0.161. The zero-order valence-electron chi connectivity index (χ0n) is 9.03. The molecule has 0 radical (unpaired) electrons. The van der Waals surface area contributed by atoms with Gasteiger partial charge in [-0.15, -0.1) is 0 Å². The molecule has 1 unspecified atom stereocenters. The predicted octanol–water partition coefficient (Wildman–Crippen LogP) is 1.74. The normalized spacial score (nSPS) is 19.2. The SMILES string of the molecule is CCOc1ccc2c(c1)OC(CN)CC2. The van der Waals surface area contributed by atoms with Crippen molar-refractivity contribution in [3.05, 3.63) is 23.8 Å². The second-order valence-corrected chi connectivity index (χ2v) is 3.72. The summed E-state index contributed by atoms with van der Waals surface area (Å²) in [5.41, 5.74) is 6.85. The molecule has 1 atom stereocenters. The summed E-state index contributed by atoms with van der Waals surface area (Å²) in [6.07, 6.45) is 2.22. The topological polar surface area (TPSA) is 44.5 Å². The van der Waals surface area contributed by atoms with E-state index < -0.39 is 0 Å². The lowest BCUT2D eigenvalue weighted by atomic mass is 10.0. The molecule has 1 heterocycles. The zero-order chi connectivity index (χ0) is 10.7. The summed E-state index contributed by atoms with van der Waals surface area (Å²) in [7, 11) is 0. The summed E-state index contributed by atoms with van der Waals surface area (Å²) in [5, 5.41) is 0. The first-order valence-corrected chi connectivity index (χ1v) is 5.46. The molecule has 15 heavy (non-hydrogen) atoms. The van der Waals surface area contributed by atoms with Gasteiger partial charge in [0.1, 0.15) is 17.6 Å². The summed E-state index contributed by atoms with van der Waals surface area (Å²) in [6, 6.07) is 6.03. The Labute approximate surface area is 90.2 Å². The molecule has 1 aliphatic rings. The van der Waals surface area contributed by atoms with Gasteiger partial charge in [0.25, 0.3) is 0 Å². The molecule has 0 saturated carbocycles. The van der Waals surface area contributed by atoms with Crippen molar-refractivity contribution in [2.75, 3.05) is 13.2 Å². The average Bonchev–Trinajstić information content (AvgIpc) is 2.28. The van der Waals surface area contributed by atoms with Gasteiger partial charge in [-0.3, -0.25) is 0 Å². The molecule has 2 N–H and O–H groups in total. The number of aryl methyl sites for hydroxylation is 1. The van der Waals surface area contributed by atoms with Crippen molar-refractivity contribution >= 4 is 0 Å². The minimum atomic E-state index is 0.161. The molecular formula is C12H17NO2. The van der Waals surface area contributed by atoms with Crippen molar-refractivity contribution in [2.24, 2.45) is 5.73 Å². The maximum Gasteiger partial charge on any atom is 0.126 e. The Balaban J connectivity index is 2.19. The van der Waals surface area contributed by atoms with E-state index >= 15 is 0 Å². The summed E-state index contributed by atoms with van der Waals surface area (Å²) >= 11 is 0. The second kappa shape index (κ2) is 4.53. The van der Waals surface area contributed by atoms with E-state index in [9.17, 15) is 0 Å². The van der Waals surface area contributed by atoms with Gasteiger partial charge in [-0.1, -0.05) is 6.07 Å². The second-order valence-electron chi connectivity index (χ2n) is 3.72. The van der Waals surface area contributed by atoms with E-state index in [1.54, 1.807) is 0 Å². The van der Waals surface area contributed by atoms with Gasteiger partial charge in [-0.2, -0.15) is 0 Å². The zero-order valence-corrected chi connectivity index (χ0v) is 9.03. The first-order valence-electron chi connectivity index (χ1n) is 5.46. The van der Waals surface area contributed by atoms with Crippen molar-refractivity contribution in [1.29, 1.82) is 0 Å². The molecular weight excluding hydrogens is 190 g/mol. The first kappa shape index (κ1) is 10.3. The van der Waals surface area contributed by atoms with Gasteiger partial charge >= 0.3 is 0 Å². The molecule has 82 valence electrons. The van der Waals surface area contributed by atoms with Crippen LogP contribution >= 0.6 is 0 Å². The fourth-order valence-electron chi connectivity index (χ4n) is 1.83. The highest BCUT2D eigenvalue weighted by molar-refractivity contribution is 5.42. The smallest absolute Gasteiger partial charge is 0.126 e. The summed E-state index contributed by atoms with van der Waals surface area (Å²) in [6.45, 7) is 3.24. The molecule has 0 amide bonds. The van der Waals surface area contributed by atoms with Gasteiger partial charge in [-0.05, 0) is 31.4 Å². The van der Waals surface area contributed by atoms with E-state index in [2.05, 4.69) is 6.07 Å². The lowest BCUT2D eigenvalue weighted by molar-refractivity contribution is 0.180. The van der Waals surface area contributed by atoms with E-state index in [0.29, 0.717) is 13.2 Å². The number of fused-ring (bicyclic) bond motifs is 1. The fourth-order valence-corrected chi connectivity index (χ4v) is 1.83. The van der Waals surface area contributed by atoms with Gasteiger partial charge in [0.15, 0.2) is 0 Å². The molecule has 0 spiro atoms. The molecule has 1 aliphatic heterocycles. The molecule has 3 nitrogen and oxygen atoms in total. The van der Waals surface area contributed by atoms with Crippen LogP contribution in [0.1, 0.15) is 18.9 Å². The van der Waals surface area contributed by atoms with Crippen molar-refractivity contribution in [1.82, 2.24) is 0 Å². The molecule has 3 heteroatoms. The Morgan fingerprint density at radius 3 is 3.13 bits per heavy atom. The van der Waals surface area contributed by atoms with Crippen LogP contribution < -0.4 is 15.2 Å². The van der Waals surface area contributed by atoms with E-state index in [-0.39, 0.29) is 6.10 Å². The highest BCUT2D eigenvalue weighted by Gasteiger charge is 2.18. The molecule has 0 aromatic heterocycles. The number of rotatable bonds is 3. The predicted molar refractivity (Wildman–Crippen MR) is 59.4 cm³/mol. The Kier molecular flexibility index (Phi) is 3.11. The molecule has 1 aromatic rings. The number of nitrogens with two attached hydrogens (primary N) is 1. The highest BCUT2D eigenvalue weighted by Crippen LogP contribution is 2.31. The monoisotopic (exact) mass is 207 g/mol. The summed E-state index contributed by atoms with van der Waals surface area (Å²) < 4.78 is 11.2. The Morgan fingerprint density at radius 1 is 1.53 bits per heavy atom. The van der Waals surface area contributed by atoms with E-state index in [4.69, 9.17) is 15.2 Å². The van der Waals surface area contributed by atoms with Gasteiger partial charge in [0.05, 0.1) is 6.61 Å². The van der Waals surface area contributed by atoms with Crippen LogP contribution in [-0.2, 0) is 6.42 Å². The van der Waals surface area contributed by atoms with Crippen molar-refractivity contribution in [3.63, 3.8) is 0 Å². The fraction of sp³-hybridized carbons (Fsp3) is 0.500. The minimum Gasteiger partial charge on any atom is -0.494 e. The molecule has 0 bridgehead atoms. The third-order valence-electron chi connectivity index (χ3n) is 2.64. The third kappa shape index (κ3) is 2.23. The number of hydrogen-bond acceptors (Lipinski definition) is 3. The Morgan fingerprint density at radius 2 is 2.40 bits per heavy atom. The number of benzene rings is 1. The van der Waals surface area contributed by atoms with Gasteiger partial charge in [0, 0.05) is 12.6 Å². The van der Waals surface area contributed by atoms with Crippen LogP contribution in [-0.4, -0.2) is 19.3 Å². The van der Waals surface area contributed by atoms with E-state index in [0.717, 1.165) is 24.3 Å². The van der Waals surface area contributed by atoms with Crippen LogP contribution in [0.4, 0.5) is 0 Å². The maximum atomic E-state index is 5.76. The van der Waals surface area contributed by atoms with Crippen molar-refractivity contribution in [3.8, 4) is 11.5 Å². The summed E-state index contributed by atoms with van der Waals surface area (Å²) in [5.74, 6) is 1.80. The van der Waals surface area contributed by atoms with Crippen LogP contribution in [0, 0.1) is 0 Å². The van der Waals surface area contributed by atoms with Gasteiger partial charge in [-0.25, -0.2) is 0 Å². The molecule has 0 aliphatic carbocycles. The van der Waals surface area contributed by atoms with Crippen molar-refractivity contribution in [2.45, 2.75) is 25.9 Å². The van der Waals surface area contributed by atoms with E-state index in [1.165, 1.54) is 5.56 Å². The number of hydrogen-bond donors (Lipinski definition) is 1. The molecule has 1 aromatic carbocycles. The lowest BCUT2D eigenvalue weighted by Crippen LogP contribution is -2.30. The van der Waals surface area contributed by atoms with Gasteiger partial charge in [0.2, 0.25) is 0 Å². The quantitative estimate of drug-likeness (QED) is 0.821. The lowest BCUT2D eigenvalue weighted by Gasteiger charge is -2.25. The van der Waals surface area contributed by atoms with Crippen LogP contribution in [0.5, 0.6) is 11.5 Å². The number of ether oxygens (including phenoxy) is 2. The van der Waals surface area contributed by atoms with Crippen LogP contribution in [0.15, 0.2) is 18.2 Å². The Hall–Kier alpha value is -1.22. The van der Waals surface area contributed by atoms with Crippen LogP contribution in [0.25, 0.3) is 0 Å². The molecule has 0 fully saturated rings. The summed E-state index contributed by atoms with van der Waals surface area (Å²) in [4.78, 5) is 0. The molecule has 0 saturated heterocycles. The molecule has 2 rings (SSSR count). The van der Waals surface area contributed by atoms with Crippen LogP contribution in [0.3, 0.4) is 0 Å². The largest absolute Gasteiger partial charge is 0.494 e. The third-order valence-corrected chi connectivity index (χ3v) is 2.64. The average molecular weight is 207 g/mol. The van der Waals surface area contributed by atoms with Gasteiger partial charge < -0.3 is 15.2 Å². The standard InChI is InChI=1S/C12H17NO2/c1-2-14-10-5-3-9-4-6-11(8-13)15-12(9)7-10/h3,5,7,11H,2,4,6,8,13H2,1H3. The van der Waals surface area contributed by atoms with E-state index in [1.807, 2.05) is 19.1 Å². The van der Waals surface area contributed by atoms with Crippen LogP contribution in [0.2, 0.25) is 0 Å².